The lowest BCUT2D eigenvalue weighted by Gasteiger charge is -2.28. The van der Waals surface area contributed by atoms with Crippen LogP contribution in [0, 0.1) is 0 Å². The molecule has 144 valence electrons. The lowest BCUT2D eigenvalue weighted by Crippen LogP contribution is -2.32. The normalized spacial score (nSPS) is 19.0. The summed E-state index contributed by atoms with van der Waals surface area (Å²) in [6.45, 7) is 1.56. The highest BCUT2D eigenvalue weighted by atomic mass is 32.1. The second-order valence-corrected chi connectivity index (χ2v) is 7.21. The Bertz CT molecular complexity index is 915. The number of hydrogen-bond donors (Lipinski definition) is 2. The minimum Gasteiger partial charge on any atom is -0.396 e. The first-order valence-electron chi connectivity index (χ1n) is 9.41. The van der Waals surface area contributed by atoms with Gasteiger partial charge in [0.1, 0.15) is 0 Å². The first-order valence-corrected chi connectivity index (χ1v) is 9.81. The van der Waals surface area contributed by atoms with Gasteiger partial charge in [-0.15, -0.1) is 0 Å². The third-order valence-electron chi connectivity index (χ3n) is 5.00. The smallest absolute Gasteiger partial charge is 0.170 e. The summed E-state index contributed by atoms with van der Waals surface area (Å²) in [5.74, 6) is 0. The van der Waals surface area contributed by atoms with Crippen molar-refractivity contribution < 1.29 is 5.11 Å². The van der Waals surface area contributed by atoms with E-state index < -0.39 is 0 Å². The van der Waals surface area contributed by atoms with Crippen LogP contribution < -0.4 is 5.32 Å². The van der Waals surface area contributed by atoms with Gasteiger partial charge in [-0.3, -0.25) is 9.97 Å². The number of aliphatic hydroxyl groups excluding tert-OH is 1. The molecule has 1 aliphatic heterocycles. The van der Waals surface area contributed by atoms with E-state index in [1.807, 2.05) is 36.7 Å². The molecule has 2 N–H and O–H groups in total. The molecule has 28 heavy (non-hydrogen) atoms. The van der Waals surface area contributed by atoms with Gasteiger partial charge >= 0.3 is 0 Å². The van der Waals surface area contributed by atoms with Crippen molar-refractivity contribution in [2.75, 3.05) is 13.2 Å². The predicted octanol–water partition coefficient (Wildman–Crippen LogP) is 2.68. The summed E-state index contributed by atoms with van der Waals surface area (Å²) < 4.78 is 2.24. The van der Waals surface area contributed by atoms with Crippen LogP contribution in [0.15, 0.2) is 67.3 Å². The molecule has 0 bridgehead atoms. The molecule has 0 radical (unpaired) electrons. The molecule has 0 aliphatic carbocycles. The summed E-state index contributed by atoms with van der Waals surface area (Å²) in [5, 5.41) is 13.5. The second kappa shape index (κ2) is 8.50. The topological polar surface area (TPSA) is 66.2 Å². The molecule has 3 aromatic heterocycles. The van der Waals surface area contributed by atoms with E-state index in [-0.39, 0.29) is 18.7 Å². The lowest BCUT2D eigenvalue weighted by atomic mass is 10.0. The van der Waals surface area contributed by atoms with Gasteiger partial charge in [-0.25, -0.2) is 0 Å². The molecule has 7 heteroatoms. The van der Waals surface area contributed by atoms with Crippen molar-refractivity contribution in [2.45, 2.75) is 25.0 Å². The molecule has 0 spiro atoms. The van der Waals surface area contributed by atoms with E-state index in [2.05, 4.69) is 49.1 Å². The van der Waals surface area contributed by atoms with Crippen molar-refractivity contribution >= 4 is 17.3 Å². The average molecular weight is 394 g/mol. The monoisotopic (exact) mass is 393 g/mol. The molecule has 1 fully saturated rings. The average Bonchev–Trinajstić information content (AvgIpc) is 3.31. The maximum atomic E-state index is 9.35. The van der Waals surface area contributed by atoms with Gasteiger partial charge in [0, 0.05) is 50.2 Å². The van der Waals surface area contributed by atoms with Gasteiger partial charge < -0.3 is 19.9 Å². The first kappa shape index (κ1) is 18.6. The third-order valence-corrected chi connectivity index (χ3v) is 5.35. The number of aliphatic hydroxyl groups is 1. The van der Waals surface area contributed by atoms with Gasteiger partial charge in [-0.1, -0.05) is 12.1 Å². The number of rotatable bonds is 7. The van der Waals surface area contributed by atoms with Crippen molar-refractivity contribution in [1.82, 2.24) is 24.8 Å². The predicted molar refractivity (Wildman–Crippen MR) is 112 cm³/mol. The molecular weight excluding hydrogens is 370 g/mol. The van der Waals surface area contributed by atoms with E-state index in [1.165, 1.54) is 0 Å². The number of pyridine rings is 2. The molecule has 6 nitrogen and oxygen atoms in total. The Morgan fingerprint density at radius 3 is 2.79 bits per heavy atom. The summed E-state index contributed by atoms with van der Waals surface area (Å²) in [7, 11) is 0. The molecule has 0 unspecified atom stereocenters. The van der Waals surface area contributed by atoms with E-state index in [0.29, 0.717) is 18.1 Å². The van der Waals surface area contributed by atoms with Crippen LogP contribution in [0.5, 0.6) is 0 Å². The van der Waals surface area contributed by atoms with Gasteiger partial charge in [-0.05, 0) is 54.5 Å². The summed E-state index contributed by atoms with van der Waals surface area (Å²) in [6.07, 6.45) is 8.23. The third kappa shape index (κ3) is 3.76. The molecule has 1 saturated heterocycles. The van der Waals surface area contributed by atoms with Crippen LogP contribution in [0.1, 0.15) is 35.5 Å². The van der Waals surface area contributed by atoms with E-state index in [9.17, 15) is 5.11 Å². The minimum absolute atomic E-state index is 0.000575. The highest BCUT2D eigenvalue weighted by Crippen LogP contribution is 2.38. The van der Waals surface area contributed by atoms with Gasteiger partial charge in [0.25, 0.3) is 0 Å². The SMILES string of the molecule is OCCCN1C(=S)N[C@@H](c2ccccn2)[C@H]1c1cccn1Cc1cccnc1. The van der Waals surface area contributed by atoms with Crippen LogP contribution >= 0.6 is 12.2 Å². The molecule has 4 rings (SSSR count). The maximum Gasteiger partial charge on any atom is 0.170 e. The maximum absolute atomic E-state index is 9.35. The Balaban J connectivity index is 1.70. The number of hydrogen-bond acceptors (Lipinski definition) is 4. The van der Waals surface area contributed by atoms with Gasteiger partial charge in [0.05, 0.1) is 17.8 Å². The van der Waals surface area contributed by atoms with E-state index >= 15 is 0 Å². The summed E-state index contributed by atoms with van der Waals surface area (Å²) in [5.41, 5.74) is 3.25. The largest absolute Gasteiger partial charge is 0.396 e. The van der Waals surface area contributed by atoms with E-state index in [1.54, 1.807) is 6.20 Å². The van der Waals surface area contributed by atoms with E-state index in [4.69, 9.17) is 12.2 Å². The Morgan fingerprint density at radius 1 is 1.11 bits per heavy atom. The standard InChI is InChI=1S/C21H23N5OS/c27-13-5-12-26-20(19(24-21(26)28)17-7-1-2-10-23-17)18-8-4-11-25(18)15-16-6-3-9-22-14-16/h1-4,6-11,14,19-20,27H,5,12-13,15H2,(H,24,28)/t19-,20+/m0/s1. The van der Waals surface area contributed by atoms with Gasteiger partial charge in [0.15, 0.2) is 5.11 Å². The quantitative estimate of drug-likeness (QED) is 0.602. The molecule has 3 aromatic rings. The van der Waals surface area contributed by atoms with Crippen molar-refractivity contribution in [2.24, 2.45) is 0 Å². The van der Waals surface area contributed by atoms with E-state index in [0.717, 1.165) is 23.5 Å². The van der Waals surface area contributed by atoms with Crippen molar-refractivity contribution in [1.29, 1.82) is 0 Å². The number of aromatic nitrogens is 3. The van der Waals surface area contributed by atoms with Crippen LogP contribution in [-0.2, 0) is 6.54 Å². The van der Waals surface area contributed by atoms with Crippen LogP contribution in [-0.4, -0.2) is 42.8 Å². The number of nitrogens with zero attached hydrogens (tertiary/aromatic N) is 4. The van der Waals surface area contributed by atoms with Crippen LogP contribution in [0.2, 0.25) is 0 Å². The zero-order valence-corrected chi connectivity index (χ0v) is 16.3. The fraction of sp³-hybridized carbons (Fsp3) is 0.286. The number of thiocarbonyl (C=S) groups is 1. The summed E-state index contributed by atoms with van der Waals surface area (Å²) in [6, 6.07) is 14.1. The zero-order valence-electron chi connectivity index (χ0n) is 15.5. The van der Waals surface area contributed by atoms with Crippen molar-refractivity contribution in [3.63, 3.8) is 0 Å². The van der Waals surface area contributed by atoms with Gasteiger partial charge in [-0.2, -0.15) is 0 Å². The fourth-order valence-electron chi connectivity index (χ4n) is 3.74. The molecule has 0 saturated carbocycles. The van der Waals surface area contributed by atoms with Crippen LogP contribution in [0.3, 0.4) is 0 Å². The Morgan fingerprint density at radius 2 is 2.04 bits per heavy atom. The Hall–Kier alpha value is -2.77. The highest BCUT2D eigenvalue weighted by Gasteiger charge is 2.40. The first-order chi connectivity index (χ1) is 13.8. The Kier molecular flexibility index (Phi) is 5.64. The number of nitrogens with one attached hydrogen (secondary N) is 1. The summed E-state index contributed by atoms with van der Waals surface area (Å²) >= 11 is 5.64. The molecule has 0 aromatic carbocycles. The molecule has 2 atom stereocenters. The molecule has 4 heterocycles. The second-order valence-electron chi connectivity index (χ2n) is 6.82. The molecule has 1 aliphatic rings. The van der Waals surface area contributed by atoms with Crippen molar-refractivity contribution in [3.05, 3.63) is 84.2 Å². The molecule has 0 amide bonds. The highest BCUT2D eigenvalue weighted by molar-refractivity contribution is 7.80. The fourth-order valence-corrected chi connectivity index (χ4v) is 4.07. The van der Waals surface area contributed by atoms with Crippen LogP contribution in [0.4, 0.5) is 0 Å². The van der Waals surface area contributed by atoms with Crippen molar-refractivity contribution in [3.8, 4) is 0 Å². The zero-order chi connectivity index (χ0) is 19.3. The lowest BCUT2D eigenvalue weighted by molar-refractivity contribution is 0.243. The minimum atomic E-state index is -0.0464. The summed E-state index contributed by atoms with van der Waals surface area (Å²) in [4.78, 5) is 11.0. The molecular formula is C21H23N5OS. The van der Waals surface area contributed by atoms with Crippen LogP contribution in [0.25, 0.3) is 0 Å². The Labute approximate surface area is 169 Å². The van der Waals surface area contributed by atoms with Gasteiger partial charge in [0.2, 0.25) is 0 Å².